The van der Waals surface area contributed by atoms with Crippen LogP contribution in [0.4, 0.5) is 0 Å². The van der Waals surface area contributed by atoms with Gasteiger partial charge in [-0.05, 0) is 18.9 Å². The van der Waals surface area contributed by atoms with Crippen molar-refractivity contribution >= 4 is 5.91 Å². The van der Waals surface area contributed by atoms with Crippen molar-refractivity contribution in [2.45, 2.75) is 26.8 Å². The number of aliphatic hydroxyl groups is 1. The molecule has 5 nitrogen and oxygen atoms in total. The number of aryl methyl sites for hydroxylation is 2. The Balaban J connectivity index is 2.75. The highest BCUT2D eigenvalue weighted by Gasteiger charge is 2.18. The Labute approximate surface area is 95.5 Å². The normalized spacial score (nSPS) is 12.9. The molecule has 1 heterocycles. The van der Waals surface area contributed by atoms with E-state index in [1.165, 1.54) is 0 Å². The lowest BCUT2D eigenvalue weighted by Gasteiger charge is -2.19. The minimum atomic E-state index is -0.220. The molecule has 5 heteroatoms. The molecule has 0 spiro atoms. The monoisotopic (exact) mass is 225 g/mol. The first-order chi connectivity index (χ1) is 7.45. The molecular weight excluding hydrogens is 206 g/mol. The van der Waals surface area contributed by atoms with Crippen LogP contribution in [0, 0.1) is 12.8 Å². The molecule has 0 radical (unpaired) electrons. The topological polar surface area (TPSA) is 67.2 Å². The van der Waals surface area contributed by atoms with E-state index in [2.05, 4.69) is 10.4 Å². The van der Waals surface area contributed by atoms with Crippen LogP contribution in [-0.2, 0) is 7.05 Å². The summed E-state index contributed by atoms with van der Waals surface area (Å²) in [5.74, 6) is -0.000811. The maximum atomic E-state index is 11.9. The minimum Gasteiger partial charge on any atom is -0.394 e. The van der Waals surface area contributed by atoms with Crippen LogP contribution in [0.25, 0.3) is 0 Å². The standard InChI is InChI=1S/C11H19N3O2/c1-7(2)9(6-15)12-11(16)10-5-8(3)13-14(10)4/h5,7,9,15H,6H2,1-4H3,(H,12,16). The highest BCUT2D eigenvalue weighted by Crippen LogP contribution is 2.05. The van der Waals surface area contributed by atoms with Crippen molar-refractivity contribution in [1.29, 1.82) is 0 Å². The van der Waals surface area contributed by atoms with Crippen LogP contribution in [0.5, 0.6) is 0 Å². The molecule has 1 aromatic rings. The molecule has 0 bridgehead atoms. The predicted octanol–water partition coefficient (Wildman–Crippen LogP) is 0.475. The van der Waals surface area contributed by atoms with Gasteiger partial charge in [-0.15, -0.1) is 0 Å². The number of hydrogen-bond acceptors (Lipinski definition) is 3. The lowest BCUT2D eigenvalue weighted by molar-refractivity contribution is 0.0887. The summed E-state index contributed by atoms with van der Waals surface area (Å²) in [6, 6.07) is 1.51. The molecule has 0 fully saturated rings. The van der Waals surface area contributed by atoms with Gasteiger partial charge in [-0.25, -0.2) is 0 Å². The third-order valence-electron chi connectivity index (χ3n) is 2.55. The Kier molecular flexibility index (Phi) is 4.06. The van der Waals surface area contributed by atoms with Gasteiger partial charge in [0.15, 0.2) is 0 Å². The van der Waals surface area contributed by atoms with Crippen LogP contribution in [0.1, 0.15) is 30.0 Å². The third-order valence-corrected chi connectivity index (χ3v) is 2.55. The van der Waals surface area contributed by atoms with Crippen LogP contribution in [0.3, 0.4) is 0 Å². The van der Waals surface area contributed by atoms with Gasteiger partial charge in [-0.2, -0.15) is 5.10 Å². The number of rotatable bonds is 4. The van der Waals surface area contributed by atoms with E-state index < -0.39 is 0 Å². The second-order valence-electron chi connectivity index (χ2n) is 4.30. The van der Waals surface area contributed by atoms with Crippen molar-refractivity contribution in [3.63, 3.8) is 0 Å². The average Bonchev–Trinajstić information content (AvgIpc) is 2.53. The maximum absolute atomic E-state index is 11.9. The van der Waals surface area contributed by atoms with E-state index in [1.54, 1.807) is 17.8 Å². The number of hydrogen-bond donors (Lipinski definition) is 2. The zero-order chi connectivity index (χ0) is 12.3. The van der Waals surface area contributed by atoms with Crippen molar-refractivity contribution in [2.75, 3.05) is 6.61 Å². The van der Waals surface area contributed by atoms with Crippen molar-refractivity contribution in [1.82, 2.24) is 15.1 Å². The van der Waals surface area contributed by atoms with Crippen LogP contribution in [-0.4, -0.2) is 33.4 Å². The number of aromatic nitrogens is 2. The molecule has 0 saturated heterocycles. The van der Waals surface area contributed by atoms with Gasteiger partial charge in [-0.3, -0.25) is 9.48 Å². The summed E-state index contributed by atoms with van der Waals surface area (Å²) in [4.78, 5) is 11.9. The van der Waals surface area contributed by atoms with Crippen molar-refractivity contribution in [2.24, 2.45) is 13.0 Å². The Bertz CT molecular complexity index is 371. The zero-order valence-corrected chi connectivity index (χ0v) is 10.2. The molecule has 1 amide bonds. The molecule has 1 unspecified atom stereocenters. The van der Waals surface area contributed by atoms with Gasteiger partial charge >= 0.3 is 0 Å². The van der Waals surface area contributed by atoms with Crippen molar-refractivity contribution < 1.29 is 9.90 Å². The van der Waals surface area contributed by atoms with Gasteiger partial charge in [0.1, 0.15) is 5.69 Å². The highest BCUT2D eigenvalue weighted by molar-refractivity contribution is 5.92. The fraction of sp³-hybridized carbons (Fsp3) is 0.636. The van der Waals surface area contributed by atoms with E-state index in [0.717, 1.165) is 5.69 Å². The molecule has 16 heavy (non-hydrogen) atoms. The quantitative estimate of drug-likeness (QED) is 0.783. The Morgan fingerprint density at radius 1 is 1.62 bits per heavy atom. The van der Waals surface area contributed by atoms with Crippen LogP contribution >= 0.6 is 0 Å². The van der Waals surface area contributed by atoms with E-state index in [9.17, 15) is 4.79 Å². The number of aliphatic hydroxyl groups excluding tert-OH is 1. The Hall–Kier alpha value is -1.36. The minimum absolute atomic E-state index is 0.0553. The van der Waals surface area contributed by atoms with Gasteiger partial charge < -0.3 is 10.4 Å². The van der Waals surface area contributed by atoms with Gasteiger partial charge in [0, 0.05) is 7.05 Å². The smallest absolute Gasteiger partial charge is 0.269 e. The van der Waals surface area contributed by atoms with Crippen molar-refractivity contribution in [3.05, 3.63) is 17.5 Å². The number of nitrogens with one attached hydrogen (secondary N) is 1. The summed E-state index contributed by atoms with van der Waals surface area (Å²) < 4.78 is 1.54. The molecule has 1 atom stereocenters. The number of nitrogens with zero attached hydrogens (tertiary/aromatic N) is 2. The molecule has 0 aliphatic rings. The third kappa shape index (κ3) is 2.82. The van der Waals surface area contributed by atoms with Crippen LogP contribution in [0.2, 0.25) is 0 Å². The van der Waals surface area contributed by atoms with E-state index in [4.69, 9.17) is 5.11 Å². The molecule has 90 valence electrons. The number of carbonyl (C=O) groups excluding carboxylic acids is 1. The van der Waals surface area contributed by atoms with Gasteiger partial charge in [-0.1, -0.05) is 13.8 Å². The second kappa shape index (κ2) is 5.12. The van der Waals surface area contributed by atoms with E-state index >= 15 is 0 Å². The summed E-state index contributed by atoms with van der Waals surface area (Å²) in [5.41, 5.74) is 1.31. The molecule has 0 aromatic carbocycles. The first-order valence-corrected chi connectivity index (χ1v) is 5.38. The predicted molar refractivity (Wildman–Crippen MR) is 61.1 cm³/mol. The fourth-order valence-electron chi connectivity index (χ4n) is 1.49. The van der Waals surface area contributed by atoms with E-state index in [0.29, 0.717) is 5.69 Å². The van der Waals surface area contributed by atoms with Gasteiger partial charge in [0.2, 0.25) is 0 Å². The summed E-state index contributed by atoms with van der Waals surface area (Å²) >= 11 is 0. The number of amides is 1. The van der Waals surface area contributed by atoms with E-state index in [1.807, 2.05) is 20.8 Å². The molecule has 2 N–H and O–H groups in total. The fourth-order valence-corrected chi connectivity index (χ4v) is 1.49. The largest absolute Gasteiger partial charge is 0.394 e. The van der Waals surface area contributed by atoms with Crippen LogP contribution in [0.15, 0.2) is 6.07 Å². The first kappa shape index (κ1) is 12.7. The molecule has 0 aliphatic carbocycles. The van der Waals surface area contributed by atoms with E-state index in [-0.39, 0.29) is 24.5 Å². The highest BCUT2D eigenvalue weighted by atomic mass is 16.3. The summed E-state index contributed by atoms with van der Waals surface area (Å²) in [6.07, 6.45) is 0. The van der Waals surface area contributed by atoms with Crippen molar-refractivity contribution in [3.8, 4) is 0 Å². The average molecular weight is 225 g/mol. The Morgan fingerprint density at radius 3 is 2.62 bits per heavy atom. The lowest BCUT2D eigenvalue weighted by atomic mass is 10.1. The lowest BCUT2D eigenvalue weighted by Crippen LogP contribution is -2.41. The Morgan fingerprint density at radius 2 is 2.25 bits per heavy atom. The first-order valence-electron chi connectivity index (χ1n) is 5.38. The summed E-state index contributed by atoms with van der Waals surface area (Å²) in [6.45, 7) is 5.69. The van der Waals surface area contributed by atoms with Gasteiger partial charge in [0.25, 0.3) is 5.91 Å². The van der Waals surface area contributed by atoms with Gasteiger partial charge in [0.05, 0.1) is 18.3 Å². The SMILES string of the molecule is Cc1cc(C(=O)NC(CO)C(C)C)n(C)n1. The molecule has 0 saturated carbocycles. The number of carbonyl (C=O) groups is 1. The molecule has 0 aliphatic heterocycles. The summed E-state index contributed by atoms with van der Waals surface area (Å²) in [7, 11) is 1.73. The second-order valence-corrected chi connectivity index (χ2v) is 4.30. The zero-order valence-electron chi connectivity index (χ0n) is 10.2. The maximum Gasteiger partial charge on any atom is 0.269 e. The molecule has 1 aromatic heterocycles. The molecule has 1 rings (SSSR count). The molecular formula is C11H19N3O2. The van der Waals surface area contributed by atoms with Crippen LogP contribution < -0.4 is 5.32 Å². The summed E-state index contributed by atoms with van der Waals surface area (Å²) in [5, 5.41) is 16.0.